The smallest absolute Gasteiger partial charge is 0.127 e. The quantitative estimate of drug-likeness (QED) is 0.908. The number of hydrogen-bond acceptors (Lipinski definition) is 3. The molecule has 3 nitrogen and oxygen atoms in total. The molecular weight excluding hydrogens is 246 g/mol. The van der Waals surface area contributed by atoms with Gasteiger partial charge in [-0.05, 0) is 37.5 Å². The number of aromatic nitrogens is 1. The normalized spacial score (nSPS) is 17.1. The van der Waals surface area contributed by atoms with Crippen molar-refractivity contribution in [3.63, 3.8) is 0 Å². The lowest BCUT2D eigenvalue weighted by atomic mass is 10.1. The summed E-state index contributed by atoms with van der Waals surface area (Å²) in [5.41, 5.74) is 3.98. The lowest BCUT2D eigenvalue weighted by Gasteiger charge is -2.25. The minimum Gasteiger partial charge on any atom is -0.370 e. The van der Waals surface area contributed by atoms with Crippen molar-refractivity contribution in [1.82, 2.24) is 4.98 Å². The van der Waals surface area contributed by atoms with Gasteiger partial charge in [-0.1, -0.05) is 25.1 Å². The Morgan fingerprint density at radius 1 is 1.30 bits per heavy atom. The molecule has 0 aliphatic carbocycles. The van der Waals surface area contributed by atoms with Crippen molar-refractivity contribution < 1.29 is 0 Å². The fourth-order valence-electron chi connectivity index (χ4n) is 2.88. The maximum absolute atomic E-state index is 4.39. The number of hydrogen-bond donors (Lipinski definition) is 1. The Labute approximate surface area is 120 Å². The molecule has 2 heterocycles. The molecule has 0 radical (unpaired) electrons. The van der Waals surface area contributed by atoms with E-state index in [9.17, 15) is 0 Å². The van der Waals surface area contributed by atoms with Crippen LogP contribution in [0.25, 0.3) is 0 Å². The van der Waals surface area contributed by atoms with Crippen molar-refractivity contribution in [1.29, 1.82) is 0 Å². The first-order valence-corrected chi connectivity index (χ1v) is 7.36. The summed E-state index contributed by atoms with van der Waals surface area (Å²) in [6, 6.07) is 13.4. The van der Waals surface area contributed by atoms with E-state index in [4.69, 9.17) is 0 Å². The maximum Gasteiger partial charge on any atom is 0.127 e. The second kappa shape index (κ2) is 5.53. The second-order valence-electron chi connectivity index (χ2n) is 5.38. The van der Waals surface area contributed by atoms with E-state index in [0.29, 0.717) is 6.04 Å². The van der Waals surface area contributed by atoms with Crippen LogP contribution in [0.15, 0.2) is 42.6 Å². The topological polar surface area (TPSA) is 28.2 Å². The first-order chi connectivity index (χ1) is 9.79. The van der Waals surface area contributed by atoms with Gasteiger partial charge in [0.15, 0.2) is 0 Å². The summed E-state index contributed by atoms with van der Waals surface area (Å²) in [4.78, 5) is 6.80. The van der Waals surface area contributed by atoms with Gasteiger partial charge in [-0.2, -0.15) is 0 Å². The van der Waals surface area contributed by atoms with Crippen LogP contribution in [-0.4, -0.2) is 17.6 Å². The largest absolute Gasteiger partial charge is 0.370 e. The van der Waals surface area contributed by atoms with E-state index in [1.165, 1.54) is 16.9 Å². The molecule has 1 aromatic heterocycles. The third-order valence-electron chi connectivity index (χ3n) is 3.79. The number of nitrogens with zero attached hydrogens (tertiary/aromatic N) is 2. The minimum absolute atomic E-state index is 0.494. The SMILES string of the molecule is CCCNc1cc(N2c3ccccc3CC2C)ccn1. The Hall–Kier alpha value is -2.03. The summed E-state index contributed by atoms with van der Waals surface area (Å²) in [6.45, 7) is 5.40. The number of anilines is 3. The highest BCUT2D eigenvalue weighted by molar-refractivity contribution is 5.72. The highest BCUT2D eigenvalue weighted by Crippen LogP contribution is 2.38. The third kappa shape index (κ3) is 2.36. The molecule has 1 aromatic carbocycles. The van der Waals surface area contributed by atoms with Gasteiger partial charge in [0.05, 0.1) is 0 Å². The summed E-state index contributed by atoms with van der Waals surface area (Å²) in [5, 5.41) is 3.36. The number of benzene rings is 1. The molecule has 0 spiro atoms. The van der Waals surface area contributed by atoms with E-state index < -0.39 is 0 Å². The minimum atomic E-state index is 0.494. The highest BCUT2D eigenvalue weighted by atomic mass is 15.2. The fourth-order valence-corrected chi connectivity index (χ4v) is 2.88. The van der Waals surface area contributed by atoms with Gasteiger partial charge in [0.2, 0.25) is 0 Å². The van der Waals surface area contributed by atoms with Crippen LogP contribution in [0.2, 0.25) is 0 Å². The van der Waals surface area contributed by atoms with Crippen molar-refractivity contribution in [3.8, 4) is 0 Å². The Bertz CT molecular complexity index is 594. The zero-order chi connectivity index (χ0) is 13.9. The summed E-state index contributed by atoms with van der Waals surface area (Å²) in [5.74, 6) is 0.959. The van der Waals surface area contributed by atoms with Crippen molar-refractivity contribution in [2.45, 2.75) is 32.7 Å². The molecule has 2 aromatic rings. The summed E-state index contributed by atoms with van der Waals surface area (Å²) < 4.78 is 0. The van der Waals surface area contributed by atoms with Crippen LogP contribution >= 0.6 is 0 Å². The maximum atomic E-state index is 4.39. The third-order valence-corrected chi connectivity index (χ3v) is 3.79. The molecule has 3 rings (SSSR count). The predicted octanol–water partition coefficient (Wildman–Crippen LogP) is 3.99. The zero-order valence-electron chi connectivity index (χ0n) is 12.1. The summed E-state index contributed by atoms with van der Waals surface area (Å²) >= 11 is 0. The zero-order valence-corrected chi connectivity index (χ0v) is 12.1. The lowest BCUT2D eigenvalue weighted by molar-refractivity contribution is 0.758. The van der Waals surface area contributed by atoms with Crippen LogP contribution in [0.5, 0.6) is 0 Å². The van der Waals surface area contributed by atoms with Gasteiger partial charge in [0.25, 0.3) is 0 Å². The molecule has 1 aliphatic heterocycles. The van der Waals surface area contributed by atoms with Crippen molar-refractivity contribution in [3.05, 3.63) is 48.2 Å². The fraction of sp³-hybridized carbons (Fsp3) is 0.353. The van der Waals surface area contributed by atoms with E-state index >= 15 is 0 Å². The molecule has 0 bridgehead atoms. The molecule has 3 heteroatoms. The van der Waals surface area contributed by atoms with Crippen molar-refractivity contribution >= 4 is 17.2 Å². The standard InChI is InChI=1S/C17H21N3/c1-3-9-18-17-12-15(8-10-19-17)20-13(2)11-14-6-4-5-7-16(14)20/h4-8,10,12-13H,3,9,11H2,1-2H3,(H,18,19). The molecule has 1 N–H and O–H groups in total. The van der Waals surface area contributed by atoms with Gasteiger partial charge in [-0.25, -0.2) is 4.98 Å². The molecule has 1 atom stereocenters. The van der Waals surface area contributed by atoms with E-state index in [0.717, 1.165) is 25.2 Å². The first-order valence-electron chi connectivity index (χ1n) is 7.36. The number of para-hydroxylation sites is 1. The van der Waals surface area contributed by atoms with Crippen LogP contribution in [0.3, 0.4) is 0 Å². The lowest BCUT2D eigenvalue weighted by Crippen LogP contribution is -2.24. The Morgan fingerprint density at radius 3 is 3.00 bits per heavy atom. The van der Waals surface area contributed by atoms with Crippen LogP contribution < -0.4 is 10.2 Å². The second-order valence-corrected chi connectivity index (χ2v) is 5.38. The molecule has 0 saturated carbocycles. The number of fused-ring (bicyclic) bond motifs is 1. The van der Waals surface area contributed by atoms with Gasteiger partial charge in [0, 0.05) is 36.2 Å². The average Bonchev–Trinajstić information content (AvgIpc) is 2.81. The monoisotopic (exact) mass is 267 g/mol. The average molecular weight is 267 g/mol. The first kappa shape index (κ1) is 13.0. The van der Waals surface area contributed by atoms with Crippen LogP contribution in [-0.2, 0) is 6.42 Å². The molecular formula is C17H21N3. The number of nitrogens with one attached hydrogen (secondary N) is 1. The molecule has 1 unspecified atom stereocenters. The number of pyridine rings is 1. The molecule has 104 valence electrons. The Balaban J connectivity index is 1.93. The van der Waals surface area contributed by atoms with E-state index in [1.807, 2.05) is 6.20 Å². The van der Waals surface area contributed by atoms with Gasteiger partial charge in [-0.15, -0.1) is 0 Å². The predicted molar refractivity (Wildman–Crippen MR) is 84.8 cm³/mol. The van der Waals surface area contributed by atoms with Gasteiger partial charge >= 0.3 is 0 Å². The Kier molecular flexibility index (Phi) is 3.59. The molecule has 20 heavy (non-hydrogen) atoms. The summed E-state index contributed by atoms with van der Waals surface area (Å²) in [7, 11) is 0. The van der Waals surface area contributed by atoms with Gasteiger partial charge < -0.3 is 10.2 Å². The van der Waals surface area contributed by atoms with Crippen molar-refractivity contribution in [2.75, 3.05) is 16.8 Å². The highest BCUT2D eigenvalue weighted by Gasteiger charge is 2.26. The Morgan fingerprint density at radius 2 is 2.15 bits per heavy atom. The van der Waals surface area contributed by atoms with Crippen LogP contribution in [0, 0.1) is 0 Å². The molecule has 0 saturated heterocycles. The van der Waals surface area contributed by atoms with Crippen molar-refractivity contribution in [2.24, 2.45) is 0 Å². The van der Waals surface area contributed by atoms with E-state index in [2.05, 4.69) is 65.4 Å². The van der Waals surface area contributed by atoms with Crippen LogP contribution in [0.1, 0.15) is 25.8 Å². The van der Waals surface area contributed by atoms with E-state index in [-0.39, 0.29) is 0 Å². The molecule has 1 aliphatic rings. The van der Waals surface area contributed by atoms with Crippen LogP contribution in [0.4, 0.5) is 17.2 Å². The molecule has 0 fully saturated rings. The number of rotatable bonds is 4. The van der Waals surface area contributed by atoms with Gasteiger partial charge in [0.1, 0.15) is 5.82 Å². The van der Waals surface area contributed by atoms with Gasteiger partial charge in [-0.3, -0.25) is 0 Å². The van der Waals surface area contributed by atoms with E-state index in [1.54, 1.807) is 0 Å². The summed E-state index contributed by atoms with van der Waals surface area (Å²) in [6.07, 6.45) is 4.10. The molecule has 0 amide bonds.